The van der Waals surface area contributed by atoms with E-state index < -0.39 is 9.85 Å². The van der Waals surface area contributed by atoms with Crippen LogP contribution in [0, 0.1) is 20.2 Å². The minimum atomic E-state index is -0.612. The molecule has 0 bridgehead atoms. The molecule has 10 rings (SSSR count). The van der Waals surface area contributed by atoms with Gasteiger partial charge in [0.2, 0.25) is 11.6 Å². The van der Waals surface area contributed by atoms with Gasteiger partial charge in [-0.05, 0) is 83.9 Å². The van der Waals surface area contributed by atoms with E-state index in [0.29, 0.717) is 37.8 Å². The summed E-state index contributed by atoms with van der Waals surface area (Å²) in [4.78, 5) is 54.6. The number of nitro groups is 2. The number of nitrogens with zero attached hydrogens (tertiary/aromatic N) is 8. The van der Waals surface area contributed by atoms with E-state index in [2.05, 4.69) is 32.0 Å². The Kier molecular flexibility index (Phi) is 23.3. The second-order valence-electron chi connectivity index (χ2n) is 15.7. The van der Waals surface area contributed by atoms with Crippen molar-refractivity contribution >= 4 is 63.7 Å². The fourth-order valence-electron chi connectivity index (χ4n) is 7.00. The highest BCUT2D eigenvalue weighted by Crippen LogP contribution is 2.26. The van der Waals surface area contributed by atoms with Crippen molar-refractivity contribution in [3.63, 3.8) is 0 Å². The molecule has 4 aromatic carbocycles. The fourth-order valence-corrected chi connectivity index (χ4v) is 7.15. The summed E-state index contributed by atoms with van der Waals surface area (Å²) in [7, 11) is 0. The van der Waals surface area contributed by atoms with Gasteiger partial charge in [-0.3, -0.25) is 25.0 Å². The molecule has 8 aromatic rings. The lowest BCUT2D eigenvalue weighted by Gasteiger charge is -2.27. The van der Waals surface area contributed by atoms with Gasteiger partial charge in [0, 0.05) is 49.4 Å². The molecule has 394 valence electrons. The number of nitrogen functional groups attached to an aromatic ring is 2. The third kappa shape index (κ3) is 17.5. The number of aromatic nitrogens is 5. The first kappa shape index (κ1) is 58.8. The topological polar surface area (TPSA) is 266 Å². The summed E-state index contributed by atoms with van der Waals surface area (Å²) in [6.45, 7) is 7.03. The number of fused-ring (bicyclic) bond motifs is 1. The molecule has 0 radical (unpaired) electrons. The highest BCUT2D eigenvalue weighted by Gasteiger charge is 2.18. The first-order valence-corrected chi connectivity index (χ1v) is 22.9. The number of aromatic amines is 1. The highest BCUT2D eigenvalue weighted by atomic mass is 35.5. The number of ether oxygens (including phenoxy) is 4. The number of carbonyl (C=O) groups excluding carboxylic acids is 1. The van der Waals surface area contributed by atoms with Gasteiger partial charge in [-0.15, -0.1) is 0 Å². The van der Waals surface area contributed by atoms with Crippen LogP contribution in [0.1, 0.15) is 43.8 Å². The summed E-state index contributed by atoms with van der Waals surface area (Å²) in [5.74, 6) is 3.81. The average Bonchev–Trinajstić information content (AvgIpc) is 3.85. The van der Waals surface area contributed by atoms with Gasteiger partial charge in [-0.2, -0.15) is 0 Å². The number of nitrogens with two attached hydrogens (primary N) is 2. The van der Waals surface area contributed by atoms with E-state index >= 15 is 0 Å². The highest BCUT2D eigenvalue weighted by molar-refractivity contribution is 6.29. The summed E-state index contributed by atoms with van der Waals surface area (Å²) < 4.78 is 22.1. The maximum absolute atomic E-state index is 10.6. The van der Waals surface area contributed by atoms with E-state index in [4.69, 9.17) is 52.0 Å². The van der Waals surface area contributed by atoms with Crippen LogP contribution in [-0.4, -0.2) is 93.7 Å². The second kappa shape index (κ2) is 29.7. The smallest absolute Gasteiger partial charge is 0.311 e. The van der Waals surface area contributed by atoms with E-state index in [9.17, 15) is 25.0 Å². The Morgan fingerprint density at radius 2 is 1.04 bits per heavy atom. The number of pyridine rings is 3. The summed E-state index contributed by atoms with van der Waals surface area (Å²) in [6.07, 6.45) is 0.820. The third-order valence-corrected chi connectivity index (χ3v) is 11.0. The van der Waals surface area contributed by atoms with Crippen molar-refractivity contribution in [3.05, 3.63) is 188 Å². The molecule has 2 saturated heterocycles. The van der Waals surface area contributed by atoms with Crippen molar-refractivity contribution in [2.45, 2.75) is 35.5 Å². The minimum absolute atomic E-state index is 0. The molecule has 4 aromatic heterocycles. The molecule has 75 heavy (non-hydrogen) atoms. The summed E-state index contributed by atoms with van der Waals surface area (Å²) in [5, 5.41) is 20.9. The molecule has 0 aliphatic carbocycles. The first-order chi connectivity index (χ1) is 35.0. The lowest BCUT2D eigenvalue weighted by Crippen LogP contribution is -2.36. The van der Waals surface area contributed by atoms with Crippen molar-refractivity contribution in [3.8, 4) is 22.9 Å². The fraction of sp³-hybridized carbons (Fsp3) is 0.241. The van der Waals surface area contributed by atoms with E-state index in [1.54, 1.807) is 30.3 Å². The first-order valence-electron chi connectivity index (χ1n) is 22.5. The van der Waals surface area contributed by atoms with Gasteiger partial charge in [-0.25, -0.2) is 19.9 Å². The molecule has 20 nitrogen and oxygen atoms in total. The number of imidazole rings is 1. The third-order valence-electron chi connectivity index (χ3n) is 10.8. The molecule has 2 aliphatic heterocycles. The molecule has 6 heterocycles. The molecule has 5 N–H and O–H groups in total. The number of rotatable bonds is 12. The van der Waals surface area contributed by atoms with E-state index in [0.717, 1.165) is 96.7 Å². The minimum Gasteiger partial charge on any atom is -0.489 e. The zero-order valence-corrected chi connectivity index (χ0v) is 39.5. The van der Waals surface area contributed by atoms with Crippen LogP contribution in [0.4, 0.5) is 34.6 Å². The molecule has 0 spiro atoms. The predicted molar refractivity (Wildman–Crippen MR) is 295 cm³/mol. The molecule has 2 fully saturated rings. The van der Waals surface area contributed by atoms with Crippen molar-refractivity contribution in [1.29, 1.82) is 0 Å². The zero-order valence-electron chi connectivity index (χ0n) is 38.8. The lowest BCUT2D eigenvalue weighted by molar-refractivity contribution is -0.384. The Labute approximate surface area is 440 Å². The van der Waals surface area contributed by atoms with Crippen LogP contribution in [0.3, 0.4) is 0 Å². The van der Waals surface area contributed by atoms with Crippen LogP contribution < -0.4 is 30.7 Å². The van der Waals surface area contributed by atoms with Gasteiger partial charge in [0.05, 0.1) is 41.8 Å². The van der Waals surface area contributed by atoms with E-state index in [-0.39, 0.29) is 50.4 Å². The predicted octanol–water partition coefficient (Wildman–Crippen LogP) is 10.7. The summed E-state index contributed by atoms with van der Waals surface area (Å²) in [6, 6.07) is 44.8. The molecule has 0 amide bonds. The Morgan fingerprint density at radius 3 is 1.51 bits per heavy atom. The van der Waals surface area contributed by atoms with Crippen LogP contribution in [0.25, 0.3) is 22.6 Å². The van der Waals surface area contributed by atoms with Gasteiger partial charge in [-0.1, -0.05) is 94.5 Å². The Morgan fingerprint density at radius 1 is 0.587 bits per heavy atom. The van der Waals surface area contributed by atoms with Crippen LogP contribution in [0.15, 0.2) is 146 Å². The number of aldehydes is 1. The number of hydrogen-bond donors (Lipinski definition) is 3. The number of anilines is 4. The van der Waals surface area contributed by atoms with Gasteiger partial charge in [0.15, 0.2) is 5.65 Å². The second-order valence-corrected chi connectivity index (χ2v) is 16.1. The standard InChI is InChI=1S/C23H22N4O2.C14H12O2.C9H12N4O3.C5H4ClN3O2.3CH4/c1-2-4-17(5-3-1)16-29-19-8-6-18(7-9-19)22-24-20-10-11-21(25-23(20)26-22)27-12-14-28-15-13-27;15-10-12-6-8-14(9-7-12)16-11-13-4-2-1-3-5-13;10-9-7(13(14)15)1-2-8(11-9)12-3-5-16-6-4-12;6-4-2-1-3(9(10)11)5(7)8-4;;;/h1-11H,12-16H2,(H,24,25,26);1-10H,11H2;1-2H,3-6H2,(H2,10,11);1-2H,(H2,7,8);3*1H4. The van der Waals surface area contributed by atoms with Crippen LogP contribution in [-0.2, 0) is 22.7 Å². The molecular formula is C54H62ClN11O9. The normalized spacial score (nSPS) is 12.4. The van der Waals surface area contributed by atoms with Gasteiger partial charge < -0.3 is 45.2 Å². The van der Waals surface area contributed by atoms with E-state index in [1.807, 2.05) is 89.8 Å². The number of morpholine rings is 2. The number of halogens is 1. The average molecular weight is 1040 g/mol. The monoisotopic (exact) mass is 1040 g/mol. The quantitative estimate of drug-likeness (QED) is 0.0444. The molecule has 0 saturated carbocycles. The number of nitrogens with one attached hydrogen (secondary N) is 1. The Bertz CT molecular complexity index is 3020. The van der Waals surface area contributed by atoms with Crippen molar-refractivity contribution < 1.29 is 33.6 Å². The molecule has 0 atom stereocenters. The van der Waals surface area contributed by atoms with Crippen molar-refractivity contribution in [2.24, 2.45) is 0 Å². The molecule has 2 aliphatic rings. The van der Waals surface area contributed by atoms with Crippen LogP contribution in [0.2, 0.25) is 5.15 Å². The zero-order chi connectivity index (χ0) is 50.7. The number of carbonyl (C=O) groups is 1. The largest absolute Gasteiger partial charge is 0.489 e. The van der Waals surface area contributed by atoms with Gasteiger partial charge >= 0.3 is 11.4 Å². The Hall–Kier alpha value is -8.72. The summed E-state index contributed by atoms with van der Waals surface area (Å²) in [5.41, 5.74) is 15.9. The van der Waals surface area contributed by atoms with Crippen molar-refractivity contribution in [2.75, 3.05) is 73.9 Å². The molecule has 0 unspecified atom stereocenters. The van der Waals surface area contributed by atoms with Crippen molar-refractivity contribution in [1.82, 2.24) is 24.9 Å². The number of benzene rings is 4. The SMILES string of the molecule is C.C.C.Nc1nc(Cl)ccc1[N+](=O)[O-].Nc1nc(N2CCOCC2)ccc1[N+](=O)[O-].O=Cc1ccc(OCc2ccccc2)cc1.c1ccc(COc2ccc(-c3nc4nc(N5CCOCC5)ccc4[nH]3)cc2)cc1. The molecular weight excluding hydrogens is 982 g/mol. The maximum Gasteiger partial charge on any atom is 0.311 e. The number of hydrogen-bond acceptors (Lipinski definition) is 17. The lowest BCUT2D eigenvalue weighted by atomic mass is 10.2. The number of H-pyrrole nitrogens is 1. The Balaban J connectivity index is 0.000000229. The van der Waals surface area contributed by atoms with Gasteiger partial charge in [0.1, 0.15) is 53.6 Å². The van der Waals surface area contributed by atoms with Gasteiger partial charge in [0.25, 0.3) is 0 Å². The van der Waals surface area contributed by atoms with Crippen LogP contribution in [0.5, 0.6) is 11.5 Å². The van der Waals surface area contributed by atoms with E-state index in [1.165, 1.54) is 18.2 Å². The summed E-state index contributed by atoms with van der Waals surface area (Å²) >= 11 is 5.41. The molecule has 21 heteroatoms. The van der Waals surface area contributed by atoms with Crippen LogP contribution >= 0.6 is 11.6 Å². The maximum atomic E-state index is 10.6.